The van der Waals surface area contributed by atoms with Crippen LogP contribution in [-0.2, 0) is 0 Å². The van der Waals surface area contributed by atoms with Crippen molar-refractivity contribution in [3.8, 4) is 16.9 Å². The number of rotatable bonds is 8. The number of carboxylic acid groups (broad SMARTS) is 1. The summed E-state index contributed by atoms with van der Waals surface area (Å²) in [7, 11) is 0. The molecule has 0 fully saturated rings. The molecular formula is C23H23F2N3O3. The molecule has 6 nitrogen and oxygen atoms in total. The fourth-order valence-corrected chi connectivity index (χ4v) is 2.96. The molecule has 2 aromatic carbocycles. The van der Waals surface area contributed by atoms with Crippen molar-refractivity contribution in [2.75, 3.05) is 11.9 Å². The van der Waals surface area contributed by atoms with Gasteiger partial charge in [0.25, 0.3) is 6.43 Å². The maximum atomic E-state index is 12.9. The molecule has 0 radical (unpaired) electrons. The fourth-order valence-electron chi connectivity index (χ4n) is 2.96. The second-order valence-electron chi connectivity index (χ2n) is 7.54. The number of alkyl halides is 2. The Morgan fingerprint density at radius 2 is 1.90 bits per heavy atom. The van der Waals surface area contributed by atoms with E-state index < -0.39 is 12.4 Å². The highest BCUT2D eigenvalue weighted by Gasteiger charge is 2.15. The largest absolute Gasteiger partial charge is 0.492 e. The first-order valence-electron chi connectivity index (χ1n) is 9.73. The Labute approximate surface area is 178 Å². The second-order valence-corrected chi connectivity index (χ2v) is 7.54. The third kappa shape index (κ3) is 5.75. The van der Waals surface area contributed by atoms with Gasteiger partial charge in [-0.25, -0.2) is 23.5 Å². The van der Waals surface area contributed by atoms with Gasteiger partial charge >= 0.3 is 5.97 Å². The van der Waals surface area contributed by atoms with Crippen molar-refractivity contribution in [2.45, 2.75) is 27.2 Å². The van der Waals surface area contributed by atoms with Gasteiger partial charge in [0.1, 0.15) is 17.0 Å². The van der Waals surface area contributed by atoms with E-state index in [0.717, 1.165) is 17.2 Å². The van der Waals surface area contributed by atoms with Crippen LogP contribution < -0.4 is 10.1 Å². The van der Waals surface area contributed by atoms with Gasteiger partial charge in [0.2, 0.25) is 5.95 Å². The number of nitrogens with zero attached hydrogens (tertiary/aromatic N) is 2. The number of aromatic nitrogens is 2. The molecule has 0 aliphatic rings. The number of hydrogen-bond donors (Lipinski definition) is 2. The zero-order valence-electron chi connectivity index (χ0n) is 17.4. The van der Waals surface area contributed by atoms with Gasteiger partial charge in [-0.2, -0.15) is 0 Å². The molecule has 3 aromatic rings. The number of hydrogen-bond acceptors (Lipinski definition) is 5. The predicted octanol–water partition coefficient (Wildman–Crippen LogP) is 5.87. The van der Waals surface area contributed by atoms with E-state index in [1.165, 1.54) is 6.20 Å². The standard InChI is InChI=1S/C23H23F2N3O3/c1-13(2)12-31-20-5-4-15(11-18(20)22(29)30)16-8-14(3)9-17(10-16)27-23-26-7-6-19(28-23)21(24)25/h4-11,13,21H,12H2,1-3H3,(H,29,30)(H,26,27,28). The maximum absolute atomic E-state index is 12.9. The third-order valence-corrected chi connectivity index (χ3v) is 4.35. The molecule has 0 atom stereocenters. The van der Waals surface area contributed by atoms with E-state index >= 15 is 0 Å². The molecule has 31 heavy (non-hydrogen) atoms. The van der Waals surface area contributed by atoms with Gasteiger partial charge < -0.3 is 15.2 Å². The van der Waals surface area contributed by atoms with E-state index in [0.29, 0.717) is 23.6 Å². The number of carbonyl (C=O) groups is 1. The lowest BCUT2D eigenvalue weighted by atomic mass is 10.00. The van der Waals surface area contributed by atoms with Crippen LogP contribution in [0.15, 0.2) is 48.7 Å². The predicted molar refractivity (Wildman–Crippen MR) is 114 cm³/mol. The number of nitrogens with one attached hydrogen (secondary N) is 1. The second kappa shape index (κ2) is 9.51. The smallest absolute Gasteiger partial charge is 0.339 e. The average Bonchev–Trinajstić information content (AvgIpc) is 2.71. The van der Waals surface area contributed by atoms with Gasteiger partial charge in [-0.15, -0.1) is 0 Å². The summed E-state index contributed by atoms with van der Waals surface area (Å²) in [5.41, 5.74) is 2.63. The van der Waals surface area contributed by atoms with Crippen LogP contribution in [0.1, 0.15) is 41.9 Å². The van der Waals surface area contributed by atoms with Crippen LogP contribution in [-0.4, -0.2) is 27.7 Å². The molecule has 162 valence electrons. The SMILES string of the molecule is Cc1cc(Nc2nccc(C(F)F)n2)cc(-c2ccc(OCC(C)C)c(C(=O)O)c2)c1. The molecule has 0 saturated heterocycles. The van der Waals surface area contributed by atoms with E-state index in [9.17, 15) is 18.7 Å². The minimum atomic E-state index is -2.69. The van der Waals surface area contributed by atoms with Crippen molar-refractivity contribution in [2.24, 2.45) is 5.92 Å². The van der Waals surface area contributed by atoms with Crippen molar-refractivity contribution in [3.05, 3.63) is 65.5 Å². The van der Waals surface area contributed by atoms with Gasteiger partial charge in [0.05, 0.1) is 6.61 Å². The summed E-state index contributed by atoms with van der Waals surface area (Å²) in [6.07, 6.45) is -1.43. The van der Waals surface area contributed by atoms with Crippen molar-refractivity contribution >= 4 is 17.6 Å². The summed E-state index contributed by atoms with van der Waals surface area (Å²) in [5.74, 6) is -0.451. The van der Waals surface area contributed by atoms with Crippen LogP contribution in [0, 0.1) is 12.8 Å². The first-order chi connectivity index (χ1) is 14.7. The molecular weight excluding hydrogens is 404 g/mol. The first-order valence-corrected chi connectivity index (χ1v) is 9.73. The number of anilines is 2. The number of aromatic carboxylic acids is 1. The van der Waals surface area contributed by atoms with Gasteiger partial charge in [0.15, 0.2) is 0 Å². The molecule has 0 aliphatic carbocycles. The van der Waals surface area contributed by atoms with Gasteiger partial charge in [-0.1, -0.05) is 26.0 Å². The number of halogens is 2. The van der Waals surface area contributed by atoms with E-state index in [1.807, 2.05) is 32.9 Å². The third-order valence-electron chi connectivity index (χ3n) is 4.35. The van der Waals surface area contributed by atoms with Gasteiger partial charge in [0, 0.05) is 11.9 Å². The van der Waals surface area contributed by atoms with Gasteiger partial charge in [-0.3, -0.25) is 0 Å². The lowest BCUT2D eigenvalue weighted by Crippen LogP contribution is -2.08. The number of aryl methyl sites for hydroxylation is 1. The molecule has 1 heterocycles. The normalized spacial score (nSPS) is 11.1. The number of ether oxygens (including phenoxy) is 1. The van der Waals surface area contributed by atoms with Crippen molar-refractivity contribution in [1.82, 2.24) is 9.97 Å². The number of benzene rings is 2. The van der Waals surface area contributed by atoms with Crippen molar-refractivity contribution < 1.29 is 23.4 Å². The molecule has 1 aromatic heterocycles. The fraction of sp³-hybridized carbons (Fsp3) is 0.261. The Morgan fingerprint density at radius 3 is 2.58 bits per heavy atom. The Morgan fingerprint density at radius 1 is 1.13 bits per heavy atom. The highest BCUT2D eigenvalue weighted by molar-refractivity contribution is 5.93. The minimum Gasteiger partial charge on any atom is -0.492 e. The molecule has 8 heteroatoms. The van der Waals surface area contributed by atoms with E-state index in [1.54, 1.807) is 24.3 Å². The molecule has 0 spiro atoms. The number of carboxylic acids is 1. The topological polar surface area (TPSA) is 84.3 Å². The van der Waals surface area contributed by atoms with Crippen molar-refractivity contribution in [3.63, 3.8) is 0 Å². The summed E-state index contributed by atoms with van der Waals surface area (Å²) in [6, 6.07) is 11.6. The summed E-state index contributed by atoms with van der Waals surface area (Å²) in [6.45, 7) is 6.26. The van der Waals surface area contributed by atoms with E-state index in [-0.39, 0.29) is 23.1 Å². The molecule has 0 aliphatic heterocycles. The van der Waals surface area contributed by atoms with Crippen LogP contribution in [0.3, 0.4) is 0 Å². The molecule has 3 rings (SSSR count). The zero-order chi connectivity index (χ0) is 22.5. The Kier molecular flexibility index (Phi) is 6.79. The lowest BCUT2D eigenvalue weighted by Gasteiger charge is -2.14. The van der Waals surface area contributed by atoms with E-state index in [2.05, 4.69) is 15.3 Å². The first kappa shape index (κ1) is 22.1. The monoisotopic (exact) mass is 427 g/mol. The van der Waals surface area contributed by atoms with Crippen molar-refractivity contribution in [1.29, 1.82) is 0 Å². The summed E-state index contributed by atoms with van der Waals surface area (Å²) in [5, 5.41) is 12.5. The summed E-state index contributed by atoms with van der Waals surface area (Å²) >= 11 is 0. The Hall–Kier alpha value is -3.55. The van der Waals surface area contributed by atoms with Gasteiger partial charge in [-0.05, 0) is 59.9 Å². The van der Waals surface area contributed by atoms with Crippen LogP contribution in [0.25, 0.3) is 11.1 Å². The van der Waals surface area contributed by atoms with Crippen LogP contribution in [0.4, 0.5) is 20.4 Å². The molecule has 2 N–H and O–H groups in total. The van der Waals surface area contributed by atoms with Crippen LogP contribution >= 0.6 is 0 Å². The minimum absolute atomic E-state index is 0.0537. The average molecular weight is 427 g/mol. The molecule has 0 bridgehead atoms. The molecule has 0 saturated carbocycles. The molecule has 0 unspecified atom stereocenters. The van der Waals surface area contributed by atoms with Crippen LogP contribution in [0.5, 0.6) is 5.75 Å². The highest BCUT2D eigenvalue weighted by atomic mass is 19.3. The van der Waals surface area contributed by atoms with Crippen LogP contribution in [0.2, 0.25) is 0 Å². The Bertz CT molecular complexity index is 1090. The summed E-state index contributed by atoms with van der Waals surface area (Å²) < 4.78 is 31.4. The maximum Gasteiger partial charge on any atom is 0.339 e. The van der Waals surface area contributed by atoms with E-state index in [4.69, 9.17) is 4.74 Å². The Balaban J connectivity index is 1.93. The zero-order valence-corrected chi connectivity index (χ0v) is 17.4. The highest BCUT2D eigenvalue weighted by Crippen LogP contribution is 2.30. The summed E-state index contributed by atoms with van der Waals surface area (Å²) in [4.78, 5) is 19.5. The lowest BCUT2D eigenvalue weighted by molar-refractivity contribution is 0.0691. The quantitative estimate of drug-likeness (QED) is 0.468. The molecule has 0 amide bonds.